The lowest BCUT2D eigenvalue weighted by Crippen LogP contribution is -2.10. The van der Waals surface area contributed by atoms with Gasteiger partial charge in [-0.2, -0.15) is 50.4 Å². The van der Waals surface area contributed by atoms with Gasteiger partial charge in [0.05, 0.1) is 34.3 Å². The number of aryl methyl sites for hydroxylation is 2. The third-order valence-corrected chi connectivity index (χ3v) is 10.1. The van der Waals surface area contributed by atoms with Gasteiger partial charge in [-0.1, -0.05) is 12.1 Å². The van der Waals surface area contributed by atoms with E-state index in [-0.39, 0.29) is 58.3 Å². The zero-order valence-electron chi connectivity index (χ0n) is 28.2. The molecule has 0 spiro atoms. The highest BCUT2D eigenvalue weighted by molar-refractivity contribution is 7.86. The van der Waals surface area contributed by atoms with Crippen LogP contribution in [-0.2, 0) is 35.1 Å². The third kappa shape index (κ3) is 9.72. The Balaban J connectivity index is 1.50. The van der Waals surface area contributed by atoms with E-state index in [1.54, 1.807) is 26.0 Å². The second-order valence-corrected chi connectivity index (χ2v) is 15.6. The number of halogens is 1. The molecule has 23 heteroatoms. The maximum atomic E-state index is 12.5. The number of anilines is 2. The van der Waals surface area contributed by atoms with Gasteiger partial charge in [0.15, 0.2) is 0 Å². The lowest BCUT2D eigenvalue weighted by Gasteiger charge is -2.13. The summed E-state index contributed by atoms with van der Waals surface area (Å²) < 4.78 is 112. The molecule has 0 aliphatic carbocycles. The summed E-state index contributed by atoms with van der Waals surface area (Å²) in [6.45, 7) is 5.99. The number of nitrogens with zero attached hydrogens (tertiary/aromatic N) is 7. The lowest BCUT2D eigenvalue weighted by molar-refractivity contribution is 0.106. The van der Waals surface area contributed by atoms with Crippen LogP contribution in [0.4, 0.5) is 34.4 Å². The Morgan fingerprint density at radius 1 is 0.704 bits per heavy atom. The van der Waals surface area contributed by atoms with Gasteiger partial charge in [0.25, 0.3) is 30.4 Å². The zero-order valence-corrected chi connectivity index (χ0v) is 31.4. The van der Waals surface area contributed by atoms with Crippen LogP contribution in [0.2, 0.25) is 5.28 Å². The minimum absolute atomic E-state index is 0.0257. The van der Waals surface area contributed by atoms with Crippen molar-refractivity contribution in [3.63, 3.8) is 0 Å². The van der Waals surface area contributed by atoms with Gasteiger partial charge in [-0.25, -0.2) is 0 Å². The summed E-state index contributed by atoms with van der Waals surface area (Å²) in [5.41, 5.74) is 1.33. The van der Waals surface area contributed by atoms with Crippen LogP contribution in [0.3, 0.4) is 0 Å². The SMILES string of the molecule is CCOCCOc1nc(Cl)nc(Nc2ccc(N=Nc3cc(C)c(N=Nc4cc(S(=O)(=O)O)ccc4S(=O)(=O)O)cc3C)c3cccc(S(=O)(=O)O)c23)n1. The maximum absolute atomic E-state index is 12.5. The number of azo groups is 2. The quantitative estimate of drug-likeness (QED) is 0.0497. The molecule has 5 rings (SSSR count). The summed E-state index contributed by atoms with van der Waals surface area (Å²) in [6.07, 6.45) is 0. The Hall–Kier alpha value is -5.07. The molecule has 0 unspecified atom stereocenters. The molecule has 0 atom stereocenters. The van der Waals surface area contributed by atoms with Gasteiger partial charge in [-0.3, -0.25) is 13.7 Å². The molecule has 0 aliphatic rings. The van der Waals surface area contributed by atoms with E-state index in [0.717, 1.165) is 18.2 Å². The Bertz CT molecular complexity index is 2660. The standard InChI is InChI=1S/C31H29ClN8O11S3/c1-4-50-12-13-51-31-35-29(32)34-30(36-31)33-22-10-9-21(20-6-5-7-27(28(20)22)54(47,48)49)37-38-23-14-18(3)24(15-17(23)2)39-40-25-16-19(52(41,42)43)8-11-26(25)53(44,45)46/h5-11,14-16H,4,12-13H2,1-3H3,(H,41,42,43)(H,44,45,46)(H,47,48,49)(H,33,34,35,36). The lowest BCUT2D eigenvalue weighted by atomic mass is 10.1. The van der Waals surface area contributed by atoms with E-state index in [2.05, 4.69) is 40.7 Å². The molecular weight excluding hydrogens is 792 g/mol. The molecule has 54 heavy (non-hydrogen) atoms. The van der Waals surface area contributed by atoms with Gasteiger partial charge in [0.2, 0.25) is 11.2 Å². The second-order valence-electron chi connectivity index (χ2n) is 11.1. The van der Waals surface area contributed by atoms with Crippen molar-refractivity contribution in [2.75, 3.05) is 25.1 Å². The van der Waals surface area contributed by atoms with Crippen molar-refractivity contribution in [2.24, 2.45) is 20.5 Å². The van der Waals surface area contributed by atoms with Crippen LogP contribution >= 0.6 is 11.6 Å². The highest BCUT2D eigenvalue weighted by atomic mass is 35.5. The number of fused-ring (bicyclic) bond motifs is 1. The molecule has 0 amide bonds. The number of hydrogen-bond acceptors (Lipinski definition) is 16. The third-order valence-electron chi connectivity index (χ3n) is 7.31. The molecule has 1 aromatic heterocycles. The Kier molecular flexibility index (Phi) is 12.0. The zero-order chi connectivity index (χ0) is 39.4. The Morgan fingerprint density at radius 3 is 1.94 bits per heavy atom. The van der Waals surface area contributed by atoms with Crippen LogP contribution in [0.1, 0.15) is 18.1 Å². The number of rotatable bonds is 14. The number of benzene rings is 4. The first-order valence-corrected chi connectivity index (χ1v) is 20.0. The summed E-state index contributed by atoms with van der Waals surface area (Å²) in [7, 11) is -14.3. The molecule has 0 saturated carbocycles. The van der Waals surface area contributed by atoms with Crippen LogP contribution in [-0.4, -0.2) is 73.7 Å². The van der Waals surface area contributed by atoms with Gasteiger partial charge in [0, 0.05) is 17.4 Å². The summed E-state index contributed by atoms with van der Waals surface area (Å²) >= 11 is 6.08. The average Bonchev–Trinajstić information content (AvgIpc) is 3.08. The first kappa shape index (κ1) is 40.1. The topological polar surface area (TPSA) is 282 Å². The fraction of sp³-hybridized carbons (Fsp3) is 0.194. The Morgan fingerprint density at radius 2 is 1.33 bits per heavy atom. The van der Waals surface area contributed by atoms with Gasteiger partial charge in [-0.05, 0) is 92.0 Å². The Labute approximate surface area is 313 Å². The van der Waals surface area contributed by atoms with Gasteiger partial charge < -0.3 is 14.8 Å². The van der Waals surface area contributed by atoms with Gasteiger partial charge >= 0.3 is 6.01 Å². The predicted octanol–water partition coefficient (Wildman–Crippen LogP) is 7.02. The normalized spacial score (nSPS) is 12.6. The molecule has 0 fully saturated rings. The molecule has 0 bridgehead atoms. The molecule has 1 heterocycles. The minimum Gasteiger partial charge on any atom is -0.461 e. The summed E-state index contributed by atoms with van der Waals surface area (Å²) in [5.74, 6) is -0.0918. The highest BCUT2D eigenvalue weighted by Crippen LogP contribution is 2.39. The number of hydrogen-bond donors (Lipinski definition) is 4. The van der Waals surface area contributed by atoms with E-state index >= 15 is 0 Å². The second kappa shape index (κ2) is 16.1. The van der Waals surface area contributed by atoms with Crippen molar-refractivity contribution in [2.45, 2.75) is 35.5 Å². The molecule has 5 aromatic rings. The van der Waals surface area contributed by atoms with Crippen molar-refractivity contribution in [1.29, 1.82) is 0 Å². The van der Waals surface area contributed by atoms with Crippen molar-refractivity contribution in [1.82, 2.24) is 15.0 Å². The fourth-order valence-corrected chi connectivity index (χ4v) is 6.83. The molecule has 0 radical (unpaired) electrons. The van der Waals surface area contributed by atoms with E-state index in [9.17, 15) is 38.9 Å². The van der Waals surface area contributed by atoms with E-state index < -0.39 is 50.7 Å². The fourth-order valence-electron chi connectivity index (χ4n) is 4.84. The minimum atomic E-state index is -4.84. The number of aromatic nitrogens is 3. The molecule has 4 aromatic carbocycles. The molecule has 19 nitrogen and oxygen atoms in total. The van der Waals surface area contributed by atoms with Crippen LogP contribution in [0.15, 0.2) is 95.8 Å². The smallest absolute Gasteiger partial charge is 0.322 e. The number of nitrogens with one attached hydrogen (secondary N) is 1. The molecule has 0 saturated heterocycles. The average molecular weight is 821 g/mol. The van der Waals surface area contributed by atoms with Gasteiger partial charge in [-0.15, -0.1) is 10.2 Å². The van der Waals surface area contributed by atoms with Crippen LogP contribution in [0.25, 0.3) is 10.8 Å². The van der Waals surface area contributed by atoms with Gasteiger partial charge in [0.1, 0.15) is 22.1 Å². The number of ether oxygens (including phenoxy) is 2. The molecule has 4 N–H and O–H groups in total. The van der Waals surface area contributed by atoms with Crippen LogP contribution < -0.4 is 10.1 Å². The van der Waals surface area contributed by atoms with E-state index in [1.165, 1.54) is 30.3 Å². The van der Waals surface area contributed by atoms with Crippen molar-refractivity contribution in [3.8, 4) is 6.01 Å². The first-order valence-electron chi connectivity index (χ1n) is 15.3. The van der Waals surface area contributed by atoms with E-state index in [1.807, 2.05) is 6.92 Å². The molecule has 0 aliphatic heterocycles. The molecular formula is C31H29ClN8O11S3. The highest BCUT2D eigenvalue weighted by Gasteiger charge is 2.21. The van der Waals surface area contributed by atoms with Crippen molar-refractivity contribution in [3.05, 3.63) is 77.1 Å². The van der Waals surface area contributed by atoms with E-state index in [0.29, 0.717) is 23.4 Å². The summed E-state index contributed by atoms with van der Waals surface area (Å²) in [4.78, 5) is 10.3. The van der Waals surface area contributed by atoms with Crippen LogP contribution in [0.5, 0.6) is 6.01 Å². The predicted molar refractivity (Wildman–Crippen MR) is 194 cm³/mol. The van der Waals surface area contributed by atoms with E-state index in [4.69, 9.17) is 21.1 Å². The van der Waals surface area contributed by atoms with Crippen LogP contribution in [0, 0.1) is 13.8 Å². The monoisotopic (exact) mass is 820 g/mol. The first-order chi connectivity index (χ1) is 25.3. The summed E-state index contributed by atoms with van der Waals surface area (Å²) in [6, 6.07) is 12.4. The molecule has 284 valence electrons. The van der Waals surface area contributed by atoms with Crippen molar-refractivity contribution >= 4 is 87.1 Å². The van der Waals surface area contributed by atoms with Crippen molar-refractivity contribution < 1.29 is 48.4 Å². The summed E-state index contributed by atoms with van der Waals surface area (Å²) in [5, 5.41) is 19.5. The largest absolute Gasteiger partial charge is 0.461 e. The maximum Gasteiger partial charge on any atom is 0.322 e.